The third-order valence-corrected chi connectivity index (χ3v) is 2.68. The maximum atomic E-state index is 4.26. The van der Waals surface area contributed by atoms with Gasteiger partial charge in [-0.15, -0.1) is 0 Å². The Morgan fingerprint density at radius 1 is 1.24 bits per heavy atom. The van der Waals surface area contributed by atoms with Crippen molar-refractivity contribution in [3.63, 3.8) is 0 Å². The van der Waals surface area contributed by atoms with E-state index in [1.54, 1.807) is 0 Å². The standard InChI is InChI=1S/C13H18N4/c1-3-11-4-6-12(7-5-11)14-9-8-13-15-10(2)16-17-13/h4-7,14H,3,8-9H2,1-2H3,(H,15,16,17). The van der Waals surface area contributed by atoms with Crippen molar-refractivity contribution in [3.05, 3.63) is 41.5 Å². The van der Waals surface area contributed by atoms with Crippen LogP contribution in [0.15, 0.2) is 24.3 Å². The van der Waals surface area contributed by atoms with E-state index in [1.165, 1.54) is 5.56 Å². The van der Waals surface area contributed by atoms with Crippen LogP contribution in [-0.2, 0) is 12.8 Å². The lowest BCUT2D eigenvalue weighted by molar-refractivity contribution is 0.901. The Balaban J connectivity index is 1.81. The van der Waals surface area contributed by atoms with E-state index >= 15 is 0 Å². The highest BCUT2D eigenvalue weighted by Gasteiger charge is 1.99. The fraction of sp³-hybridized carbons (Fsp3) is 0.385. The van der Waals surface area contributed by atoms with E-state index in [1.807, 2.05) is 6.92 Å². The maximum Gasteiger partial charge on any atom is 0.152 e. The number of aryl methyl sites for hydroxylation is 2. The van der Waals surface area contributed by atoms with Crippen LogP contribution in [0.25, 0.3) is 0 Å². The van der Waals surface area contributed by atoms with Gasteiger partial charge in [-0.25, -0.2) is 4.98 Å². The summed E-state index contributed by atoms with van der Waals surface area (Å²) in [5, 5.41) is 10.3. The Labute approximate surface area is 101 Å². The molecule has 0 amide bonds. The molecule has 0 radical (unpaired) electrons. The van der Waals surface area contributed by atoms with E-state index in [0.717, 1.165) is 36.7 Å². The number of hydrogen-bond donors (Lipinski definition) is 2. The van der Waals surface area contributed by atoms with E-state index in [-0.39, 0.29) is 0 Å². The normalized spacial score (nSPS) is 10.5. The number of aromatic nitrogens is 3. The Morgan fingerprint density at radius 2 is 2.00 bits per heavy atom. The van der Waals surface area contributed by atoms with Crippen LogP contribution < -0.4 is 5.32 Å². The number of nitrogens with zero attached hydrogens (tertiary/aromatic N) is 2. The van der Waals surface area contributed by atoms with Gasteiger partial charge in [0, 0.05) is 18.7 Å². The minimum atomic E-state index is 0.833. The summed E-state index contributed by atoms with van der Waals surface area (Å²) < 4.78 is 0. The molecule has 4 nitrogen and oxygen atoms in total. The zero-order chi connectivity index (χ0) is 12.1. The fourth-order valence-corrected chi connectivity index (χ4v) is 1.68. The number of aromatic amines is 1. The van der Waals surface area contributed by atoms with Crippen molar-refractivity contribution < 1.29 is 0 Å². The summed E-state index contributed by atoms with van der Waals surface area (Å²) in [7, 11) is 0. The van der Waals surface area contributed by atoms with Gasteiger partial charge in [-0.1, -0.05) is 19.1 Å². The molecule has 0 aliphatic carbocycles. The minimum Gasteiger partial charge on any atom is -0.385 e. The summed E-state index contributed by atoms with van der Waals surface area (Å²) in [6, 6.07) is 8.53. The Morgan fingerprint density at radius 3 is 2.59 bits per heavy atom. The molecule has 0 atom stereocenters. The van der Waals surface area contributed by atoms with E-state index < -0.39 is 0 Å². The molecule has 2 rings (SSSR count). The van der Waals surface area contributed by atoms with Gasteiger partial charge in [-0.2, -0.15) is 5.10 Å². The van der Waals surface area contributed by atoms with Crippen LogP contribution in [0, 0.1) is 6.92 Å². The predicted molar refractivity (Wildman–Crippen MR) is 69.1 cm³/mol. The molecule has 0 aliphatic rings. The van der Waals surface area contributed by atoms with Gasteiger partial charge in [0.15, 0.2) is 5.82 Å². The molecule has 1 aromatic carbocycles. The maximum absolute atomic E-state index is 4.26. The molecule has 2 N–H and O–H groups in total. The molecule has 0 saturated carbocycles. The first-order valence-corrected chi connectivity index (χ1v) is 5.98. The van der Waals surface area contributed by atoms with Gasteiger partial charge in [0.25, 0.3) is 0 Å². The third kappa shape index (κ3) is 3.31. The quantitative estimate of drug-likeness (QED) is 0.829. The molecule has 1 heterocycles. The highest BCUT2D eigenvalue weighted by atomic mass is 15.2. The average Bonchev–Trinajstić information content (AvgIpc) is 2.76. The molecule has 0 saturated heterocycles. The van der Waals surface area contributed by atoms with Crippen LogP contribution in [0.3, 0.4) is 0 Å². The van der Waals surface area contributed by atoms with Gasteiger partial charge < -0.3 is 5.32 Å². The van der Waals surface area contributed by atoms with Gasteiger partial charge in [-0.3, -0.25) is 5.10 Å². The molecule has 0 spiro atoms. The van der Waals surface area contributed by atoms with E-state index in [4.69, 9.17) is 0 Å². The lowest BCUT2D eigenvalue weighted by atomic mass is 10.1. The summed E-state index contributed by atoms with van der Waals surface area (Å²) in [6.07, 6.45) is 1.91. The van der Waals surface area contributed by atoms with Crippen molar-refractivity contribution in [3.8, 4) is 0 Å². The Bertz CT molecular complexity index is 459. The smallest absolute Gasteiger partial charge is 0.152 e. The van der Waals surface area contributed by atoms with Gasteiger partial charge in [-0.05, 0) is 31.0 Å². The number of rotatable bonds is 5. The summed E-state index contributed by atoms with van der Waals surface area (Å²) in [4.78, 5) is 4.26. The molecule has 0 bridgehead atoms. The van der Waals surface area contributed by atoms with Crippen molar-refractivity contribution in [1.29, 1.82) is 0 Å². The largest absolute Gasteiger partial charge is 0.385 e. The molecule has 90 valence electrons. The molecule has 4 heteroatoms. The first-order valence-electron chi connectivity index (χ1n) is 5.98. The second-order valence-electron chi connectivity index (χ2n) is 4.06. The van der Waals surface area contributed by atoms with Crippen LogP contribution in [0.2, 0.25) is 0 Å². The number of anilines is 1. The van der Waals surface area contributed by atoms with E-state index in [2.05, 4.69) is 51.7 Å². The summed E-state index contributed by atoms with van der Waals surface area (Å²) in [5.74, 6) is 1.73. The number of benzene rings is 1. The Hall–Kier alpha value is -1.84. The monoisotopic (exact) mass is 230 g/mol. The van der Waals surface area contributed by atoms with Crippen LogP contribution in [0.1, 0.15) is 24.1 Å². The zero-order valence-electron chi connectivity index (χ0n) is 10.3. The van der Waals surface area contributed by atoms with Crippen LogP contribution in [-0.4, -0.2) is 21.7 Å². The average molecular weight is 230 g/mol. The SMILES string of the molecule is CCc1ccc(NCCc2n[nH]c(C)n2)cc1. The van der Waals surface area contributed by atoms with E-state index in [0.29, 0.717) is 0 Å². The lowest BCUT2D eigenvalue weighted by Crippen LogP contribution is -2.06. The highest BCUT2D eigenvalue weighted by molar-refractivity contribution is 5.44. The van der Waals surface area contributed by atoms with Gasteiger partial charge >= 0.3 is 0 Å². The van der Waals surface area contributed by atoms with Gasteiger partial charge in [0.05, 0.1) is 0 Å². The molecule has 0 unspecified atom stereocenters. The molecule has 0 aliphatic heterocycles. The number of hydrogen-bond acceptors (Lipinski definition) is 3. The Kier molecular flexibility index (Phi) is 3.75. The summed E-state index contributed by atoms with van der Waals surface area (Å²) >= 11 is 0. The minimum absolute atomic E-state index is 0.833. The van der Waals surface area contributed by atoms with Crippen molar-refractivity contribution >= 4 is 5.69 Å². The summed E-state index contributed by atoms with van der Waals surface area (Å²) in [6.45, 7) is 4.92. The van der Waals surface area contributed by atoms with Crippen molar-refractivity contribution in [2.45, 2.75) is 26.7 Å². The topological polar surface area (TPSA) is 53.6 Å². The molecular formula is C13H18N4. The lowest BCUT2D eigenvalue weighted by Gasteiger charge is -2.05. The fourth-order valence-electron chi connectivity index (χ4n) is 1.68. The number of H-pyrrole nitrogens is 1. The van der Waals surface area contributed by atoms with Crippen LogP contribution >= 0.6 is 0 Å². The van der Waals surface area contributed by atoms with Gasteiger partial charge in [0.1, 0.15) is 5.82 Å². The van der Waals surface area contributed by atoms with Crippen LogP contribution in [0.4, 0.5) is 5.69 Å². The zero-order valence-corrected chi connectivity index (χ0v) is 10.3. The molecule has 2 aromatic rings. The first-order chi connectivity index (χ1) is 8.28. The van der Waals surface area contributed by atoms with Crippen molar-refractivity contribution in [2.75, 3.05) is 11.9 Å². The number of nitrogens with one attached hydrogen (secondary N) is 2. The van der Waals surface area contributed by atoms with Crippen molar-refractivity contribution in [2.24, 2.45) is 0 Å². The molecule has 0 fully saturated rings. The molecular weight excluding hydrogens is 212 g/mol. The second kappa shape index (κ2) is 5.48. The first kappa shape index (κ1) is 11.6. The second-order valence-corrected chi connectivity index (χ2v) is 4.06. The predicted octanol–water partition coefficient (Wildman–Crippen LogP) is 2.33. The van der Waals surface area contributed by atoms with Crippen molar-refractivity contribution in [1.82, 2.24) is 15.2 Å². The van der Waals surface area contributed by atoms with Crippen LogP contribution in [0.5, 0.6) is 0 Å². The molecule has 1 aromatic heterocycles. The van der Waals surface area contributed by atoms with E-state index in [9.17, 15) is 0 Å². The summed E-state index contributed by atoms with van der Waals surface area (Å²) in [5.41, 5.74) is 2.51. The third-order valence-electron chi connectivity index (χ3n) is 2.68. The molecule has 17 heavy (non-hydrogen) atoms. The van der Waals surface area contributed by atoms with Gasteiger partial charge in [0.2, 0.25) is 0 Å². The highest BCUT2D eigenvalue weighted by Crippen LogP contribution is 2.09.